The molecule has 4 heavy (non-hydrogen) atoms. The molecule has 0 atom stereocenters. The van der Waals surface area contributed by atoms with Crippen LogP contribution in [0.2, 0.25) is 0 Å². The van der Waals surface area contributed by atoms with E-state index in [-0.39, 0.29) is 58.9 Å². The molecule has 4 heteroatoms. The molecule has 0 rings (SSSR count). The third kappa shape index (κ3) is 8.85. The van der Waals surface area contributed by atoms with Crippen molar-refractivity contribution in [2.75, 3.05) is 0 Å². The molecular formula is HAlOYZr. The normalized spacial score (nSPS) is 0.750. The van der Waals surface area contributed by atoms with Crippen LogP contribution in [-0.4, -0.2) is 16.2 Å². The van der Waals surface area contributed by atoms with Crippen LogP contribution < -0.4 is 0 Å². The Labute approximate surface area is 77.5 Å². The molecule has 0 amide bonds. The molecule has 17 valence electrons. The van der Waals surface area contributed by atoms with Gasteiger partial charge in [-0.3, -0.25) is 0 Å². The molecule has 0 aliphatic heterocycles. The van der Waals surface area contributed by atoms with E-state index in [9.17, 15) is 0 Å². The monoisotopic (exact) mass is 223 g/mol. The second-order valence-electron chi connectivity index (χ2n) is 0. The van der Waals surface area contributed by atoms with Crippen LogP contribution in [0, 0.1) is 0 Å². The van der Waals surface area contributed by atoms with Crippen LogP contribution >= 0.6 is 0 Å². The van der Waals surface area contributed by atoms with E-state index in [2.05, 4.69) is 0 Å². The zero-order chi connectivity index (χ0) is 2.00. The summed E-state index contributed by atoms with van der Waals surface area (Å²) in [4.78, 5) is 0. The van der Waals surface area contributed by atoms with E-state index in [1.165, 1.54) is 0 Å². The van der Waals surface area contributed by atoms with Gasteiger partial charge in [-0.15, -0.1) is 0 Å². The Balaban J connectivity index is -0.00000000500. The maximum Gasteiger partial charge on any atom is 0 e. The fourth-order valence-corrected chi connectivity index (χ4v) is 0. The molecule has 0 spiro atoms. The predicted molar refractivity (Wildman–Crippen MR) is 7.84 cm³/mol. The van der Waals surface area contributed by atoms with Crippen LogP contribution in [0.3, 0.4) is 0 Å². The minimum Gasteiger partial charge on any atom is 0 e. The molecule has 0 aliphatic rings. The van der Waals surface area contributed by atoms with E-state index in [0.29, 0.717) is 16.2 Å². The summed E-state index contributed by atoms with van der Waals surface area (Å²) < 4.78 is 8.28. The van der Waals surface area contributed by atoms with Crippen molar-refractivity contribution in [3.63, 3.8) is 0 Å². The van der Waals surface area contributed by atoms with Crippen LogP contribution in [0.25, 0.3) is 0 Å². The zero-order valence-corrected chi connectivity index (χ0v) is 8.90. The van der Waals surface area contributed by atoms with Gasteiger partial charge in [0.15, 0.2) is 0 Å². The van der Waals surface area contributed by atoms with Gasteiger partial charge in [0, 0.05) is 58.9 Å². The average Bonchev–Trinajstić information content (AvgIpc) is 1.00. The number of rotatable bonds is 0. The van der Waals surface area contributed by atoms with E-state index in [1.54, 1.807) is 0 Å². The van der Waals surface area contributed by atoms with Gasteiger partial charge in [-0.25, -0.2) is 0 Å². The summed E-state index contributed by atoms with van der Waals surface area (Å²) in [6.45, 7) is 0. The van der Waals surface area contributed by atoms with Crippen molar-refractivity contribution in [2.45, 2.75) is 0 Å². The molecule has 0 saturated carbocycles. The van der Waals surface area contributed by atoms with Crippen LogP contribution in [0.1, 0.15) is 0 Å². The van der Waals surface area contributed by atoms with Gasteiger partial charge in [-0.05, 0) is 0 Å². The van der Waals surface area contributed by atoms with Crippen LogP contribution in [0.15, 0.2) is 0 Å². The zero-order valence-electron chi connectivity index (χ0n) is 2.19. The number of hydrogen-bond acceptors (Lipinski definition) is 1. The Hall–Kier alpha value is 2.32. The van der Waals surface area contributed by atoms with Gasteiger partial charge >= 0.3 is 20.0 Å². The molecule has 1 radical (unpaired) electrons. The molecule has 0 unspecified atom stereocenters. The Kier molecular flexibility index (Phi) is 74.8. The molecule has 0 heterocycles. The van der Waals surface area contributed by atoms with Gasteiger partial charge in [-0.1, -0.05) is 0 Å². The molecule has 0 N–H and O–H groups in total. The first-order valence-electron chi connectivity index (χ1n) is 0.289. The van der Waals surface area contributed by atoms with Gasteiger partial charge < -0.3 is 0 Å². The first-order valence-corrected chi connectivity index (χ1v) is 0.866. The summed E-state index contributed by atoms with van der Waals surface area (Å²) in [5.41, 5.74) is 0. The largest absolute Gasteiger partial charge is 0 e. The maximum absolute atomic E-state index is 8.28. The summed E-state index contributed by atoms with van der Waals surface area (Å²) in [6.07, 6.45) is 0. The molecule has 0 aromatic rings. The molecule has 0 aromatic heterocycles. The molecule has 0 aromatic carbocycles. The van der Waals surface area contributed by atoms with Crippen molar-refractivity contribution in [2.24, 2.45) is 0 Å². The molecular weight excluding hydrogens is 223 g/mol. The van der Waals surface area contributed by atoms with Crippen molar-refractivity contribution in [1.82, 2.24) is 0 Å². The van der Waals surface area contributed by atoms with Crippen LogP contribution in [-0.2, 0) is 62.7 Å². The predicted octanol–water partition coefficient (Wildman–Crippen LogP) is -0.772. The van der Waals surface area contributed by atoms with Crippen molar-refractivity contribution >= 4 is 16.2 Å². The van der Waals surface area contributed by atoms with Crippen molar-refractivity contribution in [3.05, 3.63) is 0 Å². The third-order valence-electron chi connectivity index (χ3n) is 0. The molecule has 0 bridgehead atoms. The summed E-state index contributed by atoms with van der Waals surface area (Å²) in [6, 6.07) is 0. The van der Waals surface area contributed by atoms with Gasteiger partial charge in [0.2, 0.25) is 0 Å². The third-order valence-corrected chi connectivity index (χ3v) is 0. The van der Waals surface area contributed by atoms with E-state index in [1.807, 2.05) is 0 Å². The van der Waals surface area contributed by atoms with Gasteiger partial charge in [0.05, 0.1) is 0 Å². The van der Waals surface area contributed by atoms with Crippen molar-refractivity contribution < 1.29 is 62.7 Å². The number of hydrogen-bond donors (Lipinski definition) is 0. The molecule has 1 nitrogen and oxygen atoms in total. The SMILES string of the molecule is [O]=[AlH].[Y].[Zr]. The van der Waals surface area contributed by atoms with Crippen molar-refractivity contribution in [1.29, 1.82) is 0 Å². The summed E-state index contributed by atoms with van der Waals surface area (Å²) in [5.74, 6) is 0. The Morgan fingerprint density at radius 2 is 1.25 bits per heavy atom. The van der Waals surface area contributed by atoms with Gasteiger partial charge in [0.25, 0.3) is 0 Å². The average molecular weight is 224 g/mol. The van der Waals surface area contributed by atoms with E-state index in [4.69, 9.17) is 3.80 Å². The molecule has 0 saturated heterocycles. The van der Waals surface area contributed by atoms with Gasteiger partial charge in [-0.2, -0.15) is 0 Å². The first-order chi connectivity index (χ1) is 1.00. The van der Waals surface area contributed by atoms with E-state index in [0.717, 1.165) is 0 Å². The van der Waals surface area contributed by atoms with Crippen LogP contribution in [0.4, 0.5) is 0 Å². The van der Waals surface area contributed by atoms with Gasteiger partial charge in [0.1, 0.15) is 0 Å². The smallest absolute Gasteiger partial charge is 0 e. The van der Waals surface area contributed by atoms with Crippen molar-refractivity contribution in [3.8, 4) is 0 Å². The minimum atomic E-state index is 0. The van der Waals surface area contributed by atoms with Crippen LogP contribution in [0.5, 0.6) is 0 Å². The fraction of sp³-hybridized carbons (Fsp3) is 0. The quantitative estimate of drug-likeness (QED) is 0.494. The first kappa shape index (κ1) is 16.2. The Morgan fingerprint density at radius 1 is 1.25 bits per heavy atom. The second-order valence-corrected chi connectivity index (χ2v) is 0. The maximum atomic E-state index is 8.28. The second kappa shape index (κ2) is 18.4. The Bertz CT molecular complexity index is 8.00. The Morgan fingerprint density at radius 3 is 1.25 bits per heavy atom. The summed E-state index contributed by atoms with van der Waals surface area (Å²) in [5, 5.41) is 0. The molecule has 0 fully saturated rings. The summed E-state index contributed by atoms with van der Waals surface area (Å²) in [7, 11) is 0. The van der Waals surface area contributed by atoms with E-state index >= 15 is 0 Å². The molecule has 0 aliphatic carbocycles. The standard InChI is InChI=1S/Al.O.Y.Zr.H. The minimum absolute atomic E-state index is 0. The fourth-order valence-electron chi connectivity index (χ4n) is 0. The summed E-state index contributed by atoms with van der Waals surface area (Å²) >= 11 is 0.611. The topological polar surface area (TPSA) is 17.1 Å². The van der Waals surface area contributed by atoms with E-state index < -0.39 is 0 Å².